The number of anilines is 1. The van der Waals surface area contributed by atoms with Crippen molar-refractivity contribution in [3.63, 3.8) is 0 Å². The van der Waals surface area contributed by atoms with Crippen LogP contribution in [0.1, 0.15) is 0 Å². The minimum atomic E-state index is -1.19. The zero-order valence-electron chi connectivity index (χ0n) is 8.05. The number of benzene rings is 1. The molecule has 0 heterocycles. The van der Waals surface area contributed by atoms with E-state index < -0.39 is 12.6 Å². The fourth-order valence-electron chi connectivity index (χ4n) is 0.690. The van der Waals surface area contributed by atoms with E-state index in [-0.39, 0.29) is 0 Å². The highest BCUT2D eigenvalue weighted by molar-refractivity contribution is 8.11. The molecule has 4 nitrogen and oxygen atoms in total. The van der Waals surface area contributed by atoms with E-state index in [1.54, 1.807) is 12.1 Å². The molecule has 0 aliphatic rings. The fraction of sp³-hybridized carbons (Fsp3) is 0.111. The van der Waals surface area contributed by atoms with Gasteiger partial charge >= 0.3 is 5.97 Å². The van der Waals surface area contributed by atoms with Crippen molar-refractivity contribution in [1.82, 2.24) is 0 Å². The third-order valence-corrected chi connectivity index (χ3v) is 1.66. The third kappa shape index (κ3) is 8.49. The minimum Gasteiger partial charge on any atom is -0.480 e. The molecule has 0 unspecified atom stereocenters. The summed E-state index contributed by atoms with van der Waals surface area (Å²) in [6.07, 6.45) is 0. The van der Waals surface area contributed by atoms with E-state index in [0.29, 0.717) is 9.34 Å². The topological polar surface area (TPSA) is 69.6 Å². The molecule has 0 atom stereocenters. The summed E-state index contributed by atoms with van der Waals surface area (Å²) in [4.78, 5) is 9.12. The Morgan fingerprint density at radius 3 is 2.50 bits per heavy atom. The number of aliphatic carboxylic acids is 1. The number of hydrogen-bond acceptors (Lipinski definition) is 3. The van der Waals surface area contributed by atoms with Crippen LogP contribution in [0.4, 0.5) is 5.69 Å². The molecule has 88 valence electrons. The Morgan fingerprint density at radius 2 is 2.12 bits per heavy atom. The molecule has 0 bridgehead atoms. The Morgan fingerprint density at radius 1 is 1.56 bits per heavy atom. The molecule has 0 aromatic heterocycles. The lowest BCUT2D eigenvalue weighted by molar-refractivity contribution is -0.140. The predicted octanol–water partition coefficient (Wildman–Crippen LogP) is 2.03. The number of hydrogen-bond donors (Lipinski definition) is 4. The van der Waals surface area contributed by atoms with E-state index in [2.05, 4.69) is 17.9 Å². The molecular weight excluding hydrogens is 270 g/mol. The van der Waals surface area contributed by atoms with Gasteiger partial charge in [0.15, 0.2) is 0 Å². The first kappa shape index (κ1) is 15.2. The first-order valence-electron chi connectivity index (χ1n) is 4.04. The summed E-state index contributed by atoms with van der Waals surface area (Å²) in [6.45, 7) is -0.778. The van der Waals surface area contributed by atoms with Crippen LogP contribution in [0.25, 0.3) is 0 Å². The second kappa shape index (κ2) is 8.35. The van der Waals surface area contributed by atoms with E-state index >= 15 is 0 Å². The van der Waals surface area contributed by atoms with Gasteiger partial charge in [0.2, 0.25) is 0 Å². The molecule has 0 radical (unpaired) electrons. The third-order valence-electron chi connectivity index (χ3n) is 1.21. The summed E-state index contributed by atoms with van der Waals surface area (Å²) in [6, 6.07) is 7.30. The van der Waals surface area contributed by atoms with E-state index in [9.17, 15) is 0 Å². The summed E-state index contributed by atoms with van der Waals surface area (Å²) >= 11 is 14.4. The molecule has 1 aromatic carbocycles. The normalized spacial score (nSPS) is 8.69. The number of carboxylic acids is 1. The van der Waals surface area contributed by atoms with Gasteiger partial charge in [-0.3, -0.25) is 0 Å². The Hall–Kier alpha value is -0.820. The van der Waals surface area contributed by atoms with Gasteiger partial charge in [-0.25, -0.2) is 4.79 Å². The quantitative estimate of drug-likeness (QED) is 0.493. The smallest absolute Gasteiger partial charge is 0.329 e. The number of thiocarbonyl (C=S) groups is 1. The summed E-state index contributed by atoms with van der Waals surface area (Å²) in [5, 5.41) is 18.6. The second-order valence-corrected chi connectivity index (χ2v) is 4.09. The van der Waals surface area contributed by atoms with Crippen LogP contribution >= 0.6 is 36.4 Å². The van der Waals surface area contributed by atoms with Crippen LogP contribution in [0.5, 0.6) is 0 Å². The van der Waals surface area contributed by atoms with Crippen molar-refractivity contribution >= 4 is 52.4 Å². The molecule has 3 N–H and O–H groups in total. The molecule has 0 aliphatic carbocycles. The number of carbonyl (C=O) groups is 1. The molecule has 7 heteroatoms. The summed E-state index contributed by atoms with van der Waals surface area (Å²) in [7, 11) is 0. The summed E-state index contributed by atoms with van der Waals surface area (Å²) in [5.41, 5.74) is 0.859. The largest absolute Gasteiger partial charge is 0.480 e. The molecule has 0 saturated heterocycles. The summed E-state index contributed by atoms with van der Waals surface area (Å²) < 4.78 is 0.437. The molecule has 1 rings (SSSR count). The van der Waals surface area contributed by atoms with Crippen molar-refractivity contribution in [2.75, 3.05) is 11.9 Å². The first-order valence-corrected chi connectivity index (χ1v) is 5.27. The second-order valence-electron chi connectivity index (χ2n) is 2.49. The summed E-state index contributed by atoms with van der Waals surface area (Å²) in [5.74, 6) is -1.19. The average Bonchev–Trinajstić information content (AvgIpc) is 2.17. The van der Waals surface area contributed by atoms with Gasteiger partial charge in [0, 0.05) is 10.7 Å². The van der Waals surface area contributed by atoms with Crippen molar-refractivity contribution in [3.8, 4) is 0 Å². The first-order chi connectivity index (χ1) is 7.45. The molecule has 0 spiro atoms. The zero-order chi connectivity index (χ0) is 12.6. The number of thiol groups is 1. The van der Waals surface area contributed by atoms with E-state index in [0.717, 1.165) is 5.69 Å². The highest BCUT2D eigenvalue weighted by Gasteiger charge is 1.92. The molecular formula is C9H10ClNO3S2. The van der Waals surface area contributed by atoms with Crippen molar-refractivity contribution in [2.45, 2.75) is 0 Å². The Labute approximate surface area is 109 Å². The van der Waals surface area contributed by atoms with Crippen molar-refractivity contribution in [3.05, 3.63) is 29.3 Å². The SMILES string of the molecule is O=C(O)CO.S=C(S)Nc1cccc(Cl)c1. The number of aliphatic hydroxyl groups excluding tert-OH is 1. The van der Waals surface area contributed by atoms with Gasteiger partial charge in [0.1, 0.15) is 10.9 Å². The molecule has 0 aliphatic heterocycles. The minimum absolute atomic E-state index is 0.437. The maximum absolute atomic E-state index is 9.12. The fourth-order valence-corrected chi connectivity index (χ4v) is 1.13. The van der Waals surface area contributed by atoms with Gasteiger partial charge in [-0.05, 0) is 18.2 Å². The van der Waals surface area contributed by atoms with E-state index in [1.165, 1.54) is 0 Å². The van der Waals surface area contributed by atoms with Gasteiger partial charge in [-0.1, -0.05) is 29.9 Å². The van der Waals surface area contributed by atoms with Gasteiger partial charge in [-0.15, -0.1) is 12.6 Å². The molecule has 16 heavy (non-hydrogen) atoms. The van der Waals surface area contributed by atoms with Crippen LogP contribution in [0.2, 0.25) is 5.02 Å². The number of halogens is 1. The highest BCUT2D eigenvalue weighted by atomic mass is 35.5. The van der Waals surface area contributed by atoms with Gasteiger partial charge < -0.3 is 15.5 Å². The molecule has 1 aromatic rings. The van der Waals surface area contributed by atoms with Crippen LogP contribution in [0.3, 0.4) is 0 Å². The van der Waals surface area contributed by atoms with Crippen molar-refractivity contribution < 1.29 is 15.0 Å². The molecule has 0 saturated carbocycles. The average molecular weight is 280 g/mol. The predicted molar refractivity (Wildman–Crippen MR) is 71.4 cm³/mol. The number of aliphatic hydroxyl groups is 1. The van der Waals surface area contributed by atoms with Crippen LogP contribution in [-0.2, 0) is 4.79 Å². The lowest BCUT2D eigenvalue weighted by atomic mass is 10.3. The lowest BCUT2D eigenvalue weighted by Crippen LogP contribution is -1.99. The Kier molecular flexibility index (Phi) is 7.92. The van der Waals surface area contributed by atoms with Gasteiger partial charge in [0.05, 0.1) is 0 Å². The lowest BCUT2D eigenvalue weighted by Gasteiger charge is -2.01. The van der Waals surface area contributed by atoms with E-state index in [4.69, 9.17) is 38.8 Å². The highest BCUT2D eigenvalue weighted by Crippen LogP contribution is 2.14. The van der Waals surface area contributed by atoms with Crippen LogP contribution in [0.15, 0.2) is 24.3 Å². The standard InChI is InChI=1S/C7H6ClNS2.C2H4O3/c8-5-2-1-3-6(4-5)9-7(10)11;3-1-2(4)5/h1-4H,(H2,9,10,11);3H,1H2,(H,4,5). The number of nitrogens with one attached hydrogen (secondary N) is 1. The maximum atomic E-state index is 9.12. The number of carboxylic acid groups (broad SMARTS) is 1. The van der Waals surface area contributed by atoms with Crippen LogP contribution in [0, 0.1) is 0 Å². The monoisotopic (exact) mass is 279 g/mol. The zero-order valence-corrected chi connectivity index (χ0v) is 10.5. The van der Waals surface area contributed by atoms with Crippen LogP contribution < -0.4 is 5.32 Å². The van der Waals surface area contributed by atoms with Crippen LogP contribution in [-0.4, -0.2) is 27.1 Å². The van der Waals surface area contributed by atoms with Crippen molar-refractivity contribution in [2.24, 2.45) is 0 Å². The number of rotatable bonds is 2. The molecule has 0 amide bonds. The Balaban J connectivity index is 0.000000385. The molecule has 0 fully saturated rings. The maximum Gasteiger partial charge on any atom is 0.329 e. The Bertz CT molecular complexity index is 374. The van der Waals surface area contributed by atoms with Gasteiger partial charge in [-0.2, -0.15) is 0 Å². The van der Waals surface area contributed by atoms with E-state index in [1.807, 2.05) is 12.1 Å². The van der Waals surface area contributed by atoms with Crippen molar-refractivity contribution in [1.29, 1.82) is 0 Å². The van der Waals surface area contributed by atoms with Gasteiger partial charge in [0.25, 0.3) is 0 Å².